The van der Waals surface area contributed by atoms with Crippen molar-refractivity contribution in [1.82, 2.24) is 4.98 Å². The van der Waals surface area contributed by atoms with Crippen LogP contribution in [0.2, 0.25) is 0 Å². The molecular weight excluding hydrogens is 447 g/mol. The number of ether oxygens (including phenoxy) is 2. The average Bonchev–Trinajstić information content (AvgIpc) is 2.52. The summed E-state index contributed by atoms with van der Waals surface area (Å²) < 4.78 is 145. The SMILES string of the molecule is O=C(O)c1cccnc1OC(=O)C(F)(OC(F)(F)C(F)(F)C(F)(F)F)C(F)(F)F. The third kappa shape index (κ3) is 4.48. The first-order valence-corrected chi connectivity index (χ1v) is 6.46. The smallest absolute Gasteiger partial charge is 0.462 e. The van der Waals surface area contributed by atoms with Crippen molar-refractivity contribution in [3.8, 4) is 5.88 Å². The summed E-state index contributed by atoms with van der Waals surface area (Å²) in [6.07, 6.45) is -20.9. The molecule has 0 aliphatic heterocycles. The monoisotopic (exact) mass is 451 g/mol. The lowest BCUT2D eigenvalue weighted by atomic mass is 10.2. The van der Waals surface area contributed by atoms with Crippen molar-refractivity contribution < 1.29 is 72.5 Å². The van der Waals surface area contributed by atoms with Crippen molar-refractivity contribution in [1.29, 1.82) is 0 Å². The van der Waals surface area contributed by atoms with Crippen LogP contribution in [-0.2, 0) is 9.53 Å². The highest BCUT2D eigenvalue weighted by atomic mass is 19.4. The van der Waals surface area contributed by atoms with Crippen LogP contribution in [0.15, 0.2) is 18.3 Å². The maximum Gasteiger partial charge on any atom is 0.462 e. The van der Waals surface area contributed by atoms with Gasteiger partial charge in [-0.1, -0.05) is 0 Å². The number of nitrogens with zero attached hydrogens (tertiary/aromatic N) is 1. The molecule has 0 fully saturated rings. The highest BCUT2D eigenvalue weighted by molar-refractivity contribution is 5.91. The molecule has 0 amide bonds. The quantitative estimate of drug-likeness (QED) is 0.525. The number of alkyl halides is 11. The van der Waals surface area contributed by atoms with E-state index in [0.29, 0.717) is 12.3 Å². The number of aromatic nitrogens is 1. The minimum Gasteiger partial charge on any atom is -0.477 e. The lowest BCUT2D eigenvalue weighted by Crippen LogP contribution is -2.62. The van der Waals surface area contributed by atoms with Crippen LogP contribution in [0.4, 0.5) is 48.3 Å². The Kier molecular flexibility index (Phi) is 6.10. The number of carboxylic acids is 1. The molecule has 0 aromatic carbocycles. The van der Waals surface area contributed by atoms with Crippen molar-refractivity contribution in [3.63, 3.8) is 0 Å². The summed E-state index contributed by atoms with van der Waals surface area (Å²) >= 11 is 0. The second kappa shape index (κ2) is 7.27. The van der Waals surface area contributed by atoms with E-state index in [0.717, 1.165) is 6.07 Å². The normalized spacial score (nSPS) is 15.6. The van der Waals surface area contributed by atoms with E-state index in [1.807, 2.05) is 4.74 Å². The first kappa shape index (κ1) is 24.3. The molecule has 164 valence electrons. The summed E-state index contributed by atoms with van der Waals surface area (Å²) in [6, 6.07) is 1.35. The molecule has 6 nitrogen and oxygen atoms in total. The van der Waals surface area contributed by atoms with E-state index in [-0.39, 0.29) is 0 Å². The van der Waals surface area contributed by atoms with Crippen molar-refractivity contribution in [2.24, 2.45) is 0 Å². The summed E-state index contributed by atoms with van der Waals surface area (Å²) in [7, 11) is 0. The zero-order valence-corrected chi connectivity index (χ0v) is 12.9. The number of aromatic carboxylic acids is 1. The van der Waals surface area contributed by atoms with Gasteiger partial charge in [-0.2, -0.15) is 48.3 Å². The number of carbonyl (C=O) groups excluding carboxylic acids is 1. The lowest BCUT2D eigenvalue weighted by molar-refractivity contribution is -0.474. The molecule has 0 aliphatic carbocycles. The third-order valence-corrected chi connectivity index (χ3v) is 2.81. The molecule has 29 heavy (non-hydrogen) atoms. The van der Waals surface area contributed by atoms with Gasteiger partial charge in [0.1, 0.15) is 5.56 Å². The van der Waals surface area contributed by atoms with Crippen LogP contribution in [-0.4, -0.2) is 52.3 Å². The van der Waals surface area contributed by atoms with Crippen LogP contribution in [0.25, 0.3) is 0 Å². The minimum absolute atomic E-state index is 0.526. The highest BCUT2D eigenvalue weighted by Gasteiger charge is 2.80. The average molecular weight is 451 g/mol. The van der Waals surface area contributed by atoms with Crippen LogP contribution in [0.5, 0.6) is 5.88 Å². The predicted octanol–water partition coefficient (Wildman–Crippen LogP) is 3.72. The highest BCUT2D eigenvalue weighted by Crippen LogP contribution is 2.51. The Bertz CT molecular complexity index is 791. The molecule has 1 heterocycles. The van der Waals surface area contributed by atoms with Gasteiger partial charge in [0, 0.05) is 6.20 Å². The molecule has 0 saturated carbocycles. The second-order valence-corrected chi connectivity index (χ2v) is 4.83. The maximum atomic E-state index is 13.9. The standard InChI is InChI=1S/C12H4F11NO5/c13-8(10(16,17)18,29-12(22,23)9(14,15)11(19,20)21)7(27)28-5-4(6(25)26)2-1-3-24-5/h1-3H,(H,25,26). The summed E-state index contributed by atoms with van der Waals surface area (Å²) in [4.78, 5) is 25.1. The van der Waals surface area contributed by atoms with Gasteiger partial charge in [0.2, 0.25) is 5.88 Å². The summed E-state index contributed by atoms with van der Waals surface area (Å²) in [5.41, 5.74) is -1.22. The Hall–Kier alpha value is -2.72. The van der Waals surface area contributed by atoms with Gasteiger partial charge in [-0.25, -0.2) is 14.6 Å². The van der Waals surface area contributed by atoms with Gasteiger partial charge < -0.3 is 9.84 Å². The zero-order valence-electron chi connectivity index (χ0n) is 12.9. The second-order valence-electron chi connectivity index (χ2n) is 4.83. The Morgan fingerprint density at radius 3 is 1.83 bits per heavy atom. The molecule has 1 aromatic rings. The van der Waals surface area contributed by atoms with Crippen LogP contribution >= 0.6 is 0 Å². The lowest BCUT2D eigenvalue weighted by Gasteiger charge is -2.33. The van der Waals surface area contributed by atoms with E-state index in [1.165, 1.54) is 0 Å². The van der Waals surface area contributed by atoms with Gasteiger partial charge in [0.25, 0.3) is 0 Å². The first-order chi connectivity index (χ1) is 12.8. The van der Waals surface area contributed by atoms with Crippen LogP contribution in [0.1, 0.15) is 10.4 Å². The number of carbonyl (C=O) groups is 2. The van der Waals surface area contributed by atoms with Crippen molar-refractivity contribution in [3.05, 3.63) is 23.9 Å². The number of halogens is 11. The van der Waals surface area contributed by atoms with E-state index in [9.17, 15) is 57.9 Å². The molecule has 0 spiro atoms. The van der Waals surface area contributed by atoms with E-state index in [2.05, 4.69) is 9.72 Å². The van der Waals surface area contributed by atoms with Gasteiger partial charge in [-0.05, 0) is 12.1 Å². The Morgan fingerprint density at radius 2 is 1.41 bits per heavy atom. The molecule has 1 rings (SSSR count). The number of rotatable bonds is 6. The van der Waals surface area contributed by atoms with E-state index in [1.54, 1.807) is 0 Å². The molecule has 0 bridgehead atoms. The summed E-state index contributed by atoms with van der Waals surface area (Å²) in [5, 5.41) is 8.70. The molecule has 17 heteroatoms. The number of pyridine rings is 1. The molecule has 0 saturated heterocycles. The van der Waals surface area contributed by atoms with Gasteiger partial charge in [-0.15, -0.1) is 0 Å². The summed E-state index contributed by atoms with van der Waals surface area (Å²) in [6.45, 7) is 0. The Morgan fingerprint density at radius 1 is 0.897 bits per heavy atom. The van der Waals surface area contributed by atoms with E-state index < -0.39 is 53.6 Å². The number of hydrogen-bond donors (Lipinski definition) is 1. The molecule has 1 aromatic heterocycles. The summed E-state index contributed by atoms with van der Waals surface area (Å²) in [5.74, 6) is -21.3. The van der Waals surface area contributed by atoms with Gasteiger partial charge in [0.05, 0.1) is 0 Å². The van der Waals surface area contributed by atoms with Crippen LogP contribution in [0.3, 0.4) is 0 Å². The minimum atomic E-state index is -7.37. The maximum absolute atomic E-state index is 13.9. The fourth-order valence-electron chi connectivity index (χ4n) is 1.41. The molecule has 0 radical (unpaired) electrons. The Balaban J connectivity index is 3.40. The largest absolute Gasteiger partial charge is 0.477 e. The van der Waals surface area contributed by atoms with E-state index in [4.69, 9.17) is 5.11 Å². The fourth-order valence-corrected chi connectivity index (χ4v) is 1.41. The van der Waals surface area contributed by atoms with Crippen molar-refractivity contribution in [2.45, 2.75) is 30.2 Å². The van der Waals surface area contributed by atoms with Crippen molar-refractivity contribution in [2.75, 3.05) is 0 Å². The predicted molar refractivity (Wildman–Crippen MR) is 63.8 cm³/mol. The fraction of sp³-hybridized carbons (Fsp3) is 0.417. The van der Waals surface area contributed by atoms with Gasteiger partial charge >= 0.3 is 42.2 Å². The third-order valence-electron chi connectivity index (χ3n) is 2.81. The van der Waals surface area contributed by atoms with Crippen LogP contribution < -0.4 is 4.74 Å². The Labute approximate surface area is 150 Å². The zero-order chi connectivity index (χ0) is 23.1. The molecule has 1 atom stereocenters. The molecule has 1 N–H and O–H groups in total. The molecule has 0 aliphatic rings. The van der Waals surface area contributed by atoms with Gasteiger partial charge in [-0.3, -0.25) is 4.74 Å². The molecule has 1 unspecified atom stereocenters. The number of esters is 1. The van der Waals surface area contributed by atoms with Crippen LogP contribution in [0, 0.1) is 0 Å². The number of hydrogen-bond acceptors (Lipinski definition) is 5. The topological polar surface area (TPSA) is 85.7 Å². The molecular formula is C12H4F11NO5. The first-order valence-electron chi connectivity index (χ1n) is 6.46. The van der Waals surface area contributed by atoms with E-state index >= 15 is 0 Å². The van der Waals surface area contributed by atoms with Crippen molar-refractivity contribution >= 4 is 11.9 Å². The number of carboxylic acid groups (broad SMARTS) is 1. The van der Waals surface area contributed by atoms with Gasteiger partial charge in [0.15, 0.2) is 0 Å².